The lowest BCUT2D eigenvalue weighted by molar-refractivity contribution is -0.129. The number of benzene rings is 2. The van der Waals surface area contributed by atoms with E-state index in [-0.39, 0.29) is 12.4 Å². The molecule has 1 fully saturated rings. The van der Waals surface area contributed by atoms with Crippen LogP contribution in [0, 0.1) is 6.92 Å². The topological polar surface area (TPSA) is 82.8 Å². The number of rotatable bonds is 5. The van der Waals surface area contributed by atoms with Gasteiger partial charge in [0.15, 0.2) is 11.9 Å². The molecule has 0 N–H and O–H groups in total. The summed E-state index contributed by atoms with van der Waals surface area (Å²) >= 11 is 0. The molecule has 6 nitrogen and oxygen atoms in total. The molecule has 1 aromatic heterocycles. The third-order valence-corrected chi connectivity index (χ3v) is 5.27. The zero-order valence-electron chi connectivity index (χ0n) is 16.7. The van der Waals surface area contributed by atoms with Crippen molar-refractivity contribution in [3.8, 4) is 5.75 Å². The van der Waals surface area contributed by atoms with Crippen LogP contribution in [0.1, 0.15) is 47.2 Å². The number of carbonyl (C=O) groups excluding carboxylic acids is 2. The highest BCUT2D eigenvalue weighted by molar-refractivity contribution is 5.93. The zero-order valence-corrected chi connectivity index (χ0v) is 16.7. The molecule has 154 valence electrons. The summed E-state index contributed by atoms with van der Waals surface area (Å²) < 4.78 is 16.4. The Bertz CT molecular complexity index is 1140. The lowest BCUT2D eigenvalue weighted by Crippen LogP contribution is -2.30. The van der Waals surface area contributed by atoms with Gasteiger partial charge in [0.2, 0.25) is 0 Å². The lowest BCUT2D eigenvalue weighted by Gasteiger charge is -2.20. The zero-order chi connectivity index (χ0) is 21.1. The van der Waals surface area contributed by atoms with Gasteiger partial charge in [-0.05, 0) is 61.6 Å². The van der Waals surface area contributed by atoms with Gasteiger partial charge in [0.1, 0.15) is 17.9 Å². The Hall–Kier alpha value is -3.41. The van der Waals surface area contributed by atoms with E-state index >= 15 is 0 Å². The third kappa shape index (κ3) is 4.43. The van der Waals surface area contributed by atoms with Gasteiger partial charge in [0, 0.05) is 23.9 Å². The summed E-state index contributed by atoms with van der Waals surface area (Å²) in [4.78, 5) is 35.7. The lowest BCUT2D eigenvalue weighted by atomic mass is 9.96. The number of fused-ring (bicyclic) bond motifs is 1. The SMILES string of the molecule is Cc1cc(=O)oc2cc(OCc3ccc(C(=O)OC4CCCCC4=O)cc3)ccc12. The minimum atomic E-state index is -0.620. The Balaban J connectivity index is 1.39. The predicted molar refractivity (Wildman–Crippen MR) is 111 cm³/mol. The second kappa shape index (κ2) is 8.53. The smallest absolute Gasteiger partial charge is 0.338 e. The van der Waals surface area contributed by atoms with Gasteiger partial charge in [-0.25, -0.2) is 9.59 Å². The minimum Gasteiger partial charge on any atom is -0.489 e. The first-order valence-corrected chi connectivity index (χ1v) is 9.99. The first-order valence-electron chi connectivity index (χ1n) is 9.99. The fourth-order valence-electron chi connectivity index (χ4n) is 3.57. The van der Waals surface area contributed by atoms with E-state index in [9.17, 15) is 14.4 Å². The van der Waals surface area contributed by atoms with E-state index in [1.54, 1.807) is 30.3 Å². The molecule has 30 heavy (non-hydrogen) atoms. The molecule has 1 heterocycles. The van der Waals surface area contributed by atoms with Crippen molar-refractivity contribution in [2.75, 3.05) is 0 Å². The molecule has 0 bridgehead atoms. The average molecular weight is 406 g/mol. The van der Waals surface area contributed by atoms with Crippen molar-refractivity contribution in [1.82, 2.24) is 0 Å². The van der Waals surface area contributed by atoms with Gasteiger partial charge in [-0.1, -0.05) is 12.1 Å². The van der Waals surface area contributed by atoms with Crippen molar-refractivity contribution < 1.29 is 23.5 Å². The Kier molecular flexibility index (Phi) is 5.65. The van der Waals surface area contributed by atoms with Crippen molar-refractivity contribution in [2.45, 2.75) is 45.3 Å². The molecule has 3 aromatic rings. The fourth-order valence-corrected chi connectivity index (χ4v) is 3.57. The highest BCUT2D eigenvalue weighted by Gasteiger charge is 2.26. The first-order chi connectivity index (χ1) is 14.5. The maximum Gasteiger partial charge on any atom is 0.338 e. The molecule has 0 spiro atoms. The van der Waals surface area contributed by atoms with Gasteiger partial charge in [0.05, 0.1) is 5.56 Å². The van der Waals surface area contributed by atoms with Gasteiger partial charge in [0.25, 0.3) is 0 Å². The van der Waals surface area contributed by atoms with E-state index in [4.69, 9.17) is 13.9 Å². The average Bonchev–Trinajstić information content (AvgIpc) is 2.74. The van der Waals surface area contributed by atoms with Crippen LogP contribution in [0.15, 0.2) is 57.7 Å². The summed E-state index contributed by atoms with van der Waals surface area (Å²) in [6.45, 7) is 2.15. The number of ketones is 1. The molecule has 0 amide bonds. The molecule has 1 aliphatic rings. The van der Waals surface area contributed by atoms with Crippen LogP contribution in [0.5, 0.6) is 5.75 Å². The molecule has 2 aromatic carbocycles. The van der Waals surface area contributed by atoms with E-state index in [0.29, 0.717) is 29.7 Å². The van der Waals surface area contributed by atoms with Crippen LogP contribution in [-0.4, -0.2) is 17.9 Å². The molecule has 1 saturated carbocycles. The maximum absolute atomic E-state index is 12.3. The van der Waals surface area contributed by atoms with Crippen molar-refractivity contribution in [1.29, 1.82) is 0 Å². The van der Waals surface area contributed by atoms with Gasteiger partial charge in [-0.15, -0.1) is 0 Å². The van der Waals surface area contributed by atoms with Crippen LogP contribution >= 0.6 is 0 Å². The summed E-state index contributed by atoms with van der Waals surface area (Å²) in [5.74, 6) is 0.0965. The van der Waals surface area contributed by atoms with Crippen LogP contribution in [0.25, 0.3) is 11.0 Å². The molecule has 4 rings (SSSR count). The van der Waals surface area contributed by atoms with Crippen LogP contribution in [0.2, 0.25) is 0 Å². The number of esters is 1. The summed E-state index contributed by atoms with van der Waals surface area (Å²) in [7, 11) is 0. The van der Waals surface area contributed by atoms with Crippen LogP contribution in [-0.2, 0) is 16.1 Å². The van der Waals surface area contributed by atoms with Crippen LogP contribution in [0.3, 0.4) is 0 Å². The van der Waals surface area contributed by atoms with Crippen LogP contribution in [0.4, 0.5) is 0 Å². The van der Waals surface area contributed by atoms with Crippen molar-refractivity contribution in [3.05, 3.63) is 75.6 Å². The normalized spacial score (nSPS) is 16.4. The number of ether oxygens (including phenoxy) is 2. The van der Waals surface area contributed by atoms with Crippen molar-refractivity contribution in [2.24, 2.45) is 0 Å². The van der Waals surface area contributed by atoms with Gasteiger partial charge >= 0.3 is 11.6 Å². The summed E-state index contributed by atoms with van der Waals surface area (Å²) in [6, 6.07) is 13.7. The highest BCUT2D eigenvalue weighted by Crippen LogP contribution is 2.23. The molecule has 1 unspecified atom stereocenters. The highest BCUT2D eigenvalue weighted by atomic mass is 16.5. The quantitative estimate of drug-likeness (QED) is 0.463. The summed E-state index contributed by atoms with van der Waals surface area (Å²) in [5, 5.41) is 0.862. The molecular formula is C24H22O6. The standard InChI is InChI=1S/C24H22O6/c1-15-12-23(26)29-22-13-18(10-11-19(15)22)28-14-16-6-8-17(9-7-16)24(27)30-21-5-3-2-4-20(21)25/h6-13,21H,2-5,14H2,1H3. The number of carbonyl (C=O) groups is 2. The number of hydrogen-bond acceptors (Lipinski definition) is 6. The monoisotopic (exact) mass is 406 g/mol. The molecule has 1 atom stereocenters. The molecular weight excluding hydrogens is 384 g/mol. The van der Waals surface area contributed by atoms with E-state index in [0.717, 1.165) is 29.4 Å². The molecule has 0 radical (unpaired) electrons. The fraction of sp³-hybridized carbons (Fsp3) is 0.292. The third-order valence-electron chi connectivity index (χ3n) is 5.27. The van der Waals surface area contributed by atoms with E-state index in [1.807, 2.05) is 19.1 Å². The predicted octanol–water partition coefficient (Wildman–Crippen LogP) is 4.35. The molecule has 1 aliphatic carbocycles. The van der Waals surface area contributed by atoms with Crippen molar-refractivity contribution in [3.63, 3.8) is 0 Å². The second-order valence-electron chi connectivity index (χ2n) is 7.50. The first kappa shape index (κ1) is 19.9. The maximum atomic E-state index is 12.3. The van der Waals surface area contributed by atoms with E-state index in [2.05, 4.69) is 0 Å². The van der Waals surface area contributed by atoms with E-state index < -0.39 is 17.7 Å². The number of Topliss-reactive ketones (excluding diaryl/α,β-unsaturated/α-hetero) is 1. The summed E-state index contributed by atoms with van der Waals surface area (Å²) in [5.41, 5.74) is 2.21. The van der Waals surface area contributed by atoms with Gasteiger partial charge in [-0.2, -0.15) is 0 Å². The molecule has 0 saturated heterocycles. The molecule has 6 heteroatoms. The number of aryl methyl sites for hydroxylation is 1. The second-order valence-corrected chi connectivity index (χ2v) is 7.50. The Labute approximate surface area is 173 Å². The molecule has 0 aliphatic heterocycles. The van der Waals surface area contributed by atoms with E-state index in [1.165, 1.54) is 6.07 Å². The Morgan fingerprint density at radius 3 is 2.63 bits per heavy atom. The van der Waals surface area contributed by atoms with Gasteiger partial charge in [-0.3, -0.25) is 4.79 Å². The van der Waals surface area contributed by atoms with Crippen LogP contribution < -0.4 is 10.4 Å². The number of hydrogen-bond donors (Lipinski definition) is 0. The van der Waals surface area contributed by atoms with Crippen molar-refractivity contribution >= 4 is 22.7 Å². The largest absolute Gasteiger partial charge is 0.489 e. The minimum absolute atomic E-state index is 0.000957. The van der Waals surface area contributed by atoms with Gasteiger partial charge < -0.3 is 13.9 Å². The summed E-state index contributed by atoms with van der Waals surface area (Å²) in [6.07, 6.45) is 2.22. The Morgan fingerprint density at radius 1 is 1.07 bits per heavy atom. The Morgan fingerprint density at radius 2 is 1.87 bits per heavy atom.